The first kappa shape index (κ1) is 17.1. The van der Waals surface area contributed by atoms with Crippen molar-refractivity contribution in [3.05, 3.63) is 29.8 Å². The number of aliphatic carboxylic acids is 1. The molecule has 1 aliphatic heterocycles. The van der Waals surface area contributed by atoms with Crippen molar-refractivity contribution < 1.29 is 24.2 Å². The van der Waals surface area contributed by atoms with Gasteiger partial charge in [0.2, 0.25) is 0 Å². The molecule has 6 heteroatoms. The summed E-state index contributed by atoms with van der Waals surface area (Å²) < 4.78 is 10.4. The predicted molar refractivity (Wildman–Crippen MR) is 84.7 cm³/mol. The maximum absolute atomic E-state index is 12.3. The monoisotopic (exact) mass is 321 g/mol. The van der Waals surface area contributed by atoms with Crippen LogP contribution in [0.5, 0.6) is 5.75 Å². The number of rotatable bonds is 3. The summed E-state index contributed by atoms with van der Waals surface area (Å²) in [7, 11) is 1.58. The molecule has 1 heterocycles. The number of likely N-dealkylation sites (tertiary alicyclic amines) is 1. The van der Waals surface area contributed by atoms with Crippen molar-refractivity contribution in [3.63, 3.8) is 0 Å². The Kier molecular flexibility index (Phi) is 4.82. The lowest BCUT2D eigenvalue weighted by Crippen LogP contribution is -2.45. The molecular formula is C17H23NO5. The standard InChI is InChI=1S/C17H23NO5/c1-17(2,3)23-16(21)18-10-9-13(14(18)15(19)20)11-5-7-12(22-4)8-6-11/h5-8,13-14H,9-10H2,1-4H3,(H,19,20). The van der Waals surface area contributed by atoms with Crippen LogP contribution in [0.15, 0.2) is 24.3 Å². The second-order valence-corrected chi connectivity index (χ2v) is 6.63. The number of hydrogen-bond donors (Lipinski definition) is 1. The number of carbonyl (C=O) groups is 2. The summed E-state index contributed by atoms with van der Waals surface area (Å²) >= 11 is 0. The van der Waals surface area contributed by atoms with Crippen LogP contribution in [0, 0.1) is 0 Å². The van der Waals surface area contributed by atoms with Gasteiger partial charge in [0.15, 0.2) is 0 Å². The first-order valence-electron chi connectivity index (χ1n) is 7.59. The Hall–Kier alpha value is -2.24. The molecule has 1 amide bonds. The first-order chi connectivity index (χ1) is 10.7. The van der Waals surface area contributed by atoms with E-state index >= 15 is 0 Å². The van der Waals surface area contributed by atoms with E-state index in [-0.39, 0.29) is 5.92 Å². The summed E-state index contributed by atoms with van der Waals surface area (Å²) in [4.78, 5) is 25.3. The van der Waals surface area contributed by atoms with Crippen LogP contribution in [0.2, 0.25) is 0 Å². The maximum atomic E-state index is 12.3. The Balaban J connectivity index is 2.22. The zero-order chi connectivity index (χ0) is 17.2. The predicted octanol–water partition coefficient (Wildman–Crippen LogP) is 2.87. The van der Waals surface area contributed by atoms with E-state index in [2.05, 4.69) is 0 Å². The highest BCUT2D eigenvalue weighted by molar-refractivity contribution is 5.82. The zero-order valence-corrected chi connectivity index (χ0v) is 13.9. The van der Waals surface area contributed by atoms with Gasteiger partial charge in [-0.2, -0.15) is 0 Å². The average molecular weight is 321 g/mol. The van der Waals surface area contributed by atoms with Gasteiger partial charge in [0.25, 0.3) is 0 Å². The molecular weight excluding hydrogens is 298 g/mol. The molecule has 2 atom stereocenters. The Morgan fingerprint density at radius 1 is 1.22 bits per heavy atom. The summed E-state index contributed by atoms with van der Waals surface area (Å²) in [5, 5.41) is 9.59. The minimum atomic E-state index is -1.02. The normalized spacial score (nSPS) is 21.1. The van der Waals surface area contributed by atoms with Crippen LogP contribution >= 0.6 is 0 Å². The maximum Gasteiger partial charge on any atom is 0.411 e. The third-order valence-corrected chi connectivity index (χ3v) is 3.82. The summed E-state index contributed by atoms with van der Waals surface area (Å²) in [6.45, 7) is 5.65. The molecule has 2 rings (SSSR count). The van der Waals surface area contributed by atoms with Crippen LogP contribution in [0.25, 0.3) is 0 Å². The molecule has 0 aromatic heterocycles. The van der Waals surface area contributed by atoms with Gasteiger partial charge in [-0.3, -0.25) is 4.90 Å². The fourth-order valence-electron chi connectivity index (χ4n) is 2.82. The van der Waals surface area contributed by atoms with Crippen LogP contribution in [0.1, 0.15) is 38.7 Å². The van der Waals surface area contributed by atoms with E-state index in [0.717, 1.165) is 5.56 Å². The minimum absolute atomic E-state index is 0.258. The highest BCUT2D eigenvalue weighted by Crippen LogP contribution is 2.35. The lowest BCUT2D eigenvalue weighted by atomic mass is 9.92. The number of carboxylic acids is 1. The molecule has 1 aromatic rings. The number of ether oxygens (including phenoxy) is 2. The Morgan fingerprint density at radius 3 is 2.30 bits per heavy atom. The second kappa shape index (κ2) is 6.48. The van der Waals surface area contributed by atoms with Gasteiger partial charge in [-0.25, -0.2) is 9.59 Å². The van der Waals surface area contributed by atoms with Crippen molar-refractivity contribution >= 4 is 12.1 Å². The highest BCUT2D eigenvalue weighted by atomic mass is 16.6. The van der Waals surface area contributed by atoms with Gasteiger partial charge in [0.1, 0.15) is 17.4 Å². The molecule has 0 saturated carbocycles. The van der Waals surface area contributed by atoms with Gasteiger partial charge in [-0.15, -0.1) is 0 Å². The van der Waals surface area contributed by atoms with E-state index in [1.807, 2.05) is 12.1 Å². The molecule has 0 spiro atoms. The second-order valence-electron chi connectivity index (χ2n) is 6.63. The largest absolute Gasteiger partial charge is 0.497 e. The van der Waals surface area contributed by atoms with Crippen molar-refractivity contribution in [1.82, 2.24) is 4.90 Å². The molecule has 1 saturated heterocycles. The molecule has 0 bridgehead atoms. The van der Waals surface area contributed by atoms with Crippen molar-refractivity contribution in [3.8, 4) is 5.75 Å². The summed E-state index contributed by atoms with van der Waals surface area (Å²) in [6.07, 6.45) is 0.00336. The topological polar surface area (TPSA) is 76.1 Å². The van der Waals surface area contributed by atoms with E-state index in [4.69, 9.17) is 9.47 Å². The molecule has 0 radical (unpaired) electrons. The van der Waals surface area contributed by atoms with Gasteiger partial charge in [-0.1, -0.05) is 12.1 Å². The van der Waals surface area contributed by atoms with Crippen LogP contribution in [-0.4, -0.2) is 47.4 Å². The molecule has 1 N–H and O–H groups in total. The molecule has 126 valence electrons. The van der Waals surface area contributed by atoms with E-state index < -0.39 is 23.7 Å². The molecule has 1 fully saturated rings. The van der Waals surface area contributed by atoms with Crippen molar-refractivity contribution in [2.75, 3.05) is 13.7 Å². The van der Waals surface area contributed by atoms with E-state index in [9.17, 15) is 14.7 Å². The van der Waals surface area contributed by atoms with Crippen LogP contribution in [-0.2, 0) is 9.53 Å². The smallest absolute Gasteiger partial charge is 0.411 e. The Morgan fingerprint density at radius 2 is 1.83 bits per heavy atom. The third-order valence-electron chi connectivity index (χ3n) is 3.82. The number of methoxy groups -OCH3 is 1. The van der Waals surface area contributed by atoms with Gasteiger partial charge in [0, 0.05) is 12.5 Å². The average Bonchev–Trinajstić information content (AvgIpc) is 2.90. The van der Waals surface area contributed by atoms with Crippen LogP contribution in [0.4, 0.5) is 4.79 Å². The van der Waals surface area contributed by atoms with Crippen LogP contribution in [0.3, 0.4) is 0 Å². The number of carbonyl (C=O) groups excluding carboxylic acids is 1. The highest BCUT2D eigenvalue weighted by Gasteiger charge is 2.44. The molecule has 0 aliphatic carbocycles. The molecule has 1 aromatic carbocycles. The number of carboxylic acid groups (broad SMARTS) is 1. The number of benzene rings is 1. The van der Waals surface area contributed by atoms with Crippen LogP contribution < -0.4 is 4.74 Å². The van der Waals surface area contributed by atoms with Crippen molar-refractivity contribution in [1.29, 1.82) is 0 Å². The Labute approximate surface area is 136 Å². The van der Waals surface area contributed by atoms with Crippen molar-refractivity contribution in [2.45, 2.75) is 44.8 Å². The third kappa shape index (κ3) is 3.94. The lowest BCUT2D eigenvalue weighted by Gasteiger charge is -2.28. The zero-order valence-electron chi connectivity index (χ0n) is 13.9. The lowest BCUT2D eigenvalue weighted by molar-refractivity contribution is -0.142. The van der Waals surface area contributed by atoms with Crippen molar-refractivity contribution in [2.24, 2.45) is 0 Å². The first-order valence-corrected chi connectivity index (χ1v) is 7.59. The van der Waals surface area contributed by atoms with E-state index in [1.165, 1.54) is 4.90 Å². The molecule has 23 heavy (non-hydrogen) atoms. The van der Waals surface area contributed by atoms with E-state index in [0.29, 0.717) is 18.7 Å². The summed E-state index contributed by atoms with van der Waals surface area (Å²) in [5.41, 5.74) is 0.225. The number of amides is 1. The van der Waals surface area contributed by atoms with E-state index in [1.54, 1.807) is 40.0 Å². The number of nitrogens with zero attached hydrogens (tertiary/aromatic N) is 1. The molecule has 1 aliphatic rings. The fourth-order valence-corrected chi connectivity index (χ4v) is 2.82. The Bertz CT molecular complexity index is 576. The minimum Gasteiger partial charge on any atom is -0.497 e. The van der Waals surface area contributed by atoms with Gasteiger partial charge < -0.3 is 14.6 Å². The van der Waals surface area contributed by atoms with Gasteiger partial charge >= 0.3 is 12.1 Å². The SMILES string of the molecule is COc1ccc(C2CCN(C(=O)OC(C)(C)C)C2C(=O)O)cc1. The molecule has 2 unspecified atom stereocenters. The van der Waals surface area contributed by atoms with Gasteiger partial charge in [-0.05, 0) is 44.9 Å². The summed E-state index contributed by atoms with van der Waals surface area (Å²) in [5.74, 6) is -0.567. The fraction of sp³-hybridized carbons (Fsp3) is 0.529. The van der Waals surface area contributed by atoms with Gasteiger partial charge in [0.05, 0.1) is 7.11 Å². The quantitative estimate of drug-likeness (QED) is 0.926. The number of hydrogen-bond acceptors (Lipinski definition) is 4. The molecule has 6 nitrogen and oxygen atoms in total. The summed E-state index contributed by atoms with van der Waals surface area (Å²) in [6, 6.07) is 6.36.